The highest BCUT2D eigenvalue weighted by Crippen LogP contribution is 2.31. The summed E-state index contributed by atoms with van der Waals surface area (Å²) in [5.41, 5.74) is 0.233. The zero-order chi connectivity index (χ0) is 14.9. The second-order valence-electron chi connectivity index (χ2n) is 5.74. The van der Waals surface area contributed by atoms with Crippen molar-refractivity contribution in [3.63, 3.8) is 0 Å². The first kappa shape index (κ1) is 14.1. The lowest BCUT2D eigenvalue weighted by molar-refractivity contribution is 0.240. The van der Waals surface area contributed by atoms with Crippen LogP contribution in [0.2, 0.25) is 0 Å². The highest BCUT2D eigenvalue weighted by atomic mass is 19.1. The van der Waals surface area contributed by atoms with E-state index in [1.165, 1.54) is 12.1 Å². The van der Waals surface area contributed by atoms with Crippen LogP contribution >= 0.6 is 0 Å². The minimum Gasteiger partial charge on any atom is -0.339 e. The van der Waals surface area contributed by atoms with Crippen molar-refractivity contribution in [2.24, 2.45) is 0 Å². The lowest BCUT2D eigenvalue weighted by Gasteiger charge is -2.30. The normalized spacial score (nSPS) is 17.9. The molecule has 1 aromatic carbocycles. The van der Waals surface area contributed by atoms with Crippen molar-refractivity contribution >= 4 is 0 Å². The number of halogens is 2. The molecule has 2 aromatic rings. The van der Waals surface area contributed by atoms with E-state index in [4.69, 9.17) is 4.52 Å². The van der Waals surface area contributed by atoms with Gasteiger partial charge in [-0.25, -0.2) is 8.78 Å². The van der Waals surface area contributed by atoms with Crippen LogP contribution in [0.25, 0.3) is 0 Å². The summed E-state index contributed by atoms with van der Waals surface area (Å²) in [6, 6.07) is 3.50. The summed E-state index contributed by atoms with van der Waals surface area (Å²) in [7, 11) is 0. The molecule has 0 unspecified atom stereocenters. The van der Waals surface area contributed by atoms with Crippen LogP contribution in [0.3, 0.4) is 0 Å². The van der Waals surface area contributed by atoms with E-state index in [0.29, 0.717) is 17.3 Å². The van der Waals surface area contributed by atoms with Crippen LogP contribution in [-0.2, 0) is 11.8 Å². The molecule has 0 atom stereocenters. The number of rotatable bonds is 3. The molecule has 4 nitrogen and oxygen atoms in total. The van der Waals surface area contributed by atoms with Gasteiger partial charge in [-0.05, 0) is 37.6 Å². The number of nitrogens with one attached hydrogen (secondary N) is 1. The van der Waals surface area contributed by atoms with E-state index in [1.54, 1.807) is 0 Å². The Balaban J connectivity index is 1.78. The zero-order valence-corrected chi connectivity index (χ0v) is 11.8. The SMILES string of the molecule is CC1(c2nc(Cc3ccc(F)cc3F)no2)CCNCC1. The molecule has 1 aliphatic heterocycles. The summed E-state index contributed by atoms with van der Waals surface area (Å²) in [4.78, 5) is 4.40. The van der Waals surface area contributed by atoms with Gasteiger partial charge in [-0.3, -0.25) is 0 Å². The first-order valence-corrected chi connectivity index (χ1v) is 7.04. The summed E-state index contributed by atoms with van der Waals surface area (Å²) in [5, 5.41) is 7.22. The smallest absolute Gasteiger partial charge is 0.232 e. The maximum absolute atomic E-state index is 13.6. The summed E-state index contributed by atoms with van der Waals surface area (Å²) in [5.74, 6) is -0.154. The molecule has 0 radical (unpaired) electrons. The van der Waals surface area contributed by atoms with E-state index in [1.807, 2.05) is 0 Å². The van der Waals surface area contributed by atoms with E-state index in [0.717, 1.165) is 32.0 Å². The molecule has 0 amide bonds. The van der Waals surface area contributed by atoms with Gasteiger partial charge in [-0.1, -0.05) is 18.1 Å². The van der Waals surface area contributed by atoms with Gasteiger partial charge >= 0.3 is 0 Å². The number of benzene rings is 1. The highest BCUT2D eigenvalue weighted by Gasteiger charge is 2.34. The molecular weight excluding hydrogens is 276 g/mol. The number of nitrogens with zero attached hydrogens (tertiary/aromatic N) is 2. The predicted molar refractivity (Wildman–Crippen MR) is 72.9 cm³/mol. The predicted octanol–water partition coefficient (Wildman–Crippen LogP) is 2.58. The average Bonchev–Trinajstić information content (AvgIpc) is 2.92. The third-order valence-corrected chi connectivity index (χ3v) is 4.06. The highest BCUT2D eigenvalue weighted by molar-refractivity contribution is 5.22. The maximum Gasteiger partial charge on any atom is 0.232 e. The van der Waals surface area contributed by atoms with E-state index < -0.39 is 11.6 Å². The van der Waals surface area contributed by atoms with E-state index in [2.05, 4.69) is 22.4 Å². The first-order chi connectivity index (χ1) is 10.1. The topological polar surface area (TPSA) is 51.0 Å². The van der Waals surface area contributed by atoms with Gasteiger partial charge in [0.15, 0.2) is 5.82 Å². The largest absolute Gasteiger partial charge is 0.339 e. The van der Waals surface area contributed by atoms with Crippen molar-refractivity contribution in [3.8, 4) is 0 Å². The Labute approximate surface area is 121 Å². The van der Waals surface area contributed by atoms with Gasteiger partial charge in [0.2, 0.25) is 5.89 Å². The maximum atomic E-state index is 13.6. The van der Waals surface area contributed by atoms with Gasteiger partial charge in [0.1, 0.15) is 11.6 Å². The minimum atomic E-state index is -0.590. The van der Waals surface area contributed by atoms with Crippen molar-refractivity contribution in [2.45, 2.75) is 31.6 Å². The summed E-state index contributed by atoms with van der Waals surface area (Å²) in [6.45, 7) is 3.94. The minimum absolute atomic E-state index is 0.127. The molecule has 0 aliphatic carbocycles. The fraction of sp³-hybridized carbons (Fsp3) is 0.467. The Bertz CT molecular complexity index is 636. The quantitative estimate of drug-likeness (QED) is 0.945. The van der Waals surface area contributed by atoms with Crippen LogP contribution in [0.15, 0.2) is 22.7 Å². The Morgan fingerprint density at radius 2 is 2.05 bits per heavy atom. The molecule has 21 heavy (non-hydrogen) atoms. The van der Waals surface area contributed by atoms with Gasteiger partial charge < -0.3 is 9.84 Å². The van der Waals surface area contributed by atoms with Crippen molar-refractivity contribution in [1.82, 2.24) is 15.5 Å². The molecule has 1 aliphatic rings. The van der Waals surface area contributed by atoms with Crippen LogP contribution < -0.4 is 5.32 Å². The van der Waals surface area contributed by atoms with Crippen LogP contribution in [-0.4, -0.2) is 23.2 Å². The van der Waals surface area contributed by atoms with Gasteiger partial charge in [0, 0.05) is 17.9 Å². The molecule has 2 heterocycles. The van der Waals surface area contributed by atoms with Crippen molar-refractivity contribution in [2.75, 3.05) is 13.1 Å². The molecule has 1 N–H and O–H groups in total. The Kier molecular flexibility index (Phi) is 3.71. The zero-order valence-electron chi connectivity index (χ0n) is 11.8. The molecule has 0 spiro atoms. The van der Waals surface area contributed by atoms with E-state index >= 15 is 0 Å². The Morgan fingerprint density at radius 3 is 2.76 bits per heavy atom. The number of aromatic nitrogens is 2. The monoisotopic (exact) mass is 293 g/mol. The lowest BCUT2D eigenvalue weighted by atomic mass is 9.81. The number of hydrogen-bond acceptors (Lipinski definition) is 4. The van der Waals surface area contributed by atoms with Crippen LogP contribution in [0.1, 0.15) is 37.0 Å². The average molecular weight is 293 g/mol. The van der Waals surface area contributed by atoms with Crippen molar-refractivity contribution in [1.29, 1.82) is 0 Å². The summed E-state index contributed by atoms with van der Waals surface area (Å²) < 4.78 is 31.9. The van der Waals surface area contributed by atoms with Crippen molar-refractivity contribution in [3.05, 3.63) is 47.1 Å². The number of piperidine rings is 1. The fourth-order valence-corrected chi connectivity index (χ4v) is 2.60. The summed E-state index contributed by atoms with van der Waals surface area (Å²) >= 11 is 0. The second kappa shape index (κ2) is 5.52. The molecule has 1 saturated heterocycles. The third kappa shape index (κ3) is 2.95. The fourth-order valence-electron chi connectivity index (χ4n) is 2.60. The Hall–Kier alpha value is -1.82. The van der Waals surface area contributed by atoms with Crippen LogP contribution in [0.4, 0.5) is 8.78 Å². The first-order valence-electron chi connectivity index (χ1n) is 7.04. The molecule has 112 valence electrons. The molecule has 0 saturated carbocycles. The Morgan fingerprint density at radius 1 is 1.29 bits per heavy atom. The van der Waals surface area contributed by atoms with Crippen molar-refractivity contribution < 1.29 is 13.3 Å². The second-order valence-corrected chi connectivity index (χ2v) is 5.74. The van der Waals surface area contributed by atoms with Crippen LogP contribution in [0, 0.1) is 11.6 Å². The summed E-state index contributed by atoms with van der Waals surface area (Å²) in [6.07, 6.45) is 2.06. The van der Waals surface area contributed by atoms with Gasteiger partial charge in [0.25, 0.3) is 0 Å². The molecule has 1 fully saturated rings. The van der Waals surface area contributed by atoms with Gasteiger partial charge in [0.05, 0.1) is 0 Å². The van der Waals surface area contributed by atoms with E-state index in [9.17, 15) is 8.78 Å². The molecule has 3 rings (SSSR count). The molecule has 0 bridgehead atoms. The lowest BCUT2D eigenvalue weighted by Crippen LogP contribution is -2.37. The third-order valence-electron chi connectivity index (χ3n) is 4.06. The molecule has 1 aromatic heterocycles. The molecule has 6 heteroatoms. The van der Waals surface area contributed by atoms with E-state index in [-0.39, 0.29) is 11.8 Å². The van der Waals surface area contributed by atoms with Gasteiger partial charge in [-0.2, -0.15) is 4.98 Å². The number of hydrogen-bond donors (Lipinski definition) is 1. The molecular formula is C15H17F2N3O. The van der Waals surface area contributed by atoms with Crippen LogP contribution in [0.5, 0.6) is 0 Å². The standard InChI is InChI=1S/C15H17F2N3O/c1-15(4-6-18-7-5-15)14-19-13(20-21-14)8-10-2-3-11(16)9-12(10)17/h2-3,9,18H,4-8H2,1H3. The van der Waals surface area contributed by atoms with Gasteiger partial charge in [-0.15, -0.1) is 0 Å².